The van der Waals surface area contributed by atoms with Crippen LogP contribution in [0.5, 0.6) is 0 Å². The van der Waals surface area contributed by atoms with Gasteiger partial charge in [-0.2, -0.15) is 5.26 Å². The molecule has 2 aliphatic carbocycles. The molecule has 0 aromatic heterocycles. The minimum atomic E-state index is -0.215. The van der Waals surface area contributed by atoms with Gasteiger partial charge >= 0.3 is 0 Å². The van der Waals surface area contributed by atoms with Gasteiger partial charge in [-0.25, -0.2) is 0 Å². The predicted molar refractivity (Wildman–Crippen MR) is 83.0 cm³/mol. The van der Waals surface area contributed by atoms with E-state index in [9.17, 15) is 4.79 Å². The van der Waals surface area contributed by atoms with Crippen LogP contribution in [0, 0.1) is 23.2 Å². The van der Waals surface area contributed by atoms with Gasteiger partial charge in [0.2, 0.25) is 5.91 Å². The Morgan fingerprint density at radius 3 is 2.68 bits per heavy atom. The molecule has 3 unspecified atom stereocenters. The fourth-order valence-corrected chi connectivity index (χ4v) is 4.82. The van der Waals surface area contributed by atoms with Crippen LogP contribution in [0.25, 0.3) is 0 Å². The molecule has 0 bridgehead atoms. The summed E-state index contributed by atoms with van der Waals surface area (Å²) in [7, 11) is 1.81. The Morgan fingerprint density at radius 1 is 1.41 bits per heavy atom. The lowest BCUT2D eigenvalue weighted by Gasteiger charge is -2.29. The summed E-state index contributed by atoms with van der Waals surface area (Å²) in [4.78, 5) is 14.1. The summed E-state index contributed by atoms with van der Waals surface area (Å²) in [6, 6.07) is 2.02. The Balaban J connectivity index is 1.50. The minimum Gasteiger partial charge on any atom is -0.381 e. The van der Waals surface area contributed by atoms with Gasteiger partial charge in [0.15, 0.2) is 0 Å². The van der Waals surface area contributed by atoms with Gasteiger partial charge in [-0.3, -0.25) is 4.79 Å². The van der Waals surface area contributed by atoms with Crippen LogP contribution in [-0.2, 0) is 9.53 Å². The van der Waals surface area contributed by atoms with E-state index in [1.54, 1.807) is 4.90 Å². The lowest BCUT2D eigenvalue weighted by atomic mass is 9.95. The van der Waals surface area contributed by atoms with E-state index in [1.165, 1.54) is 0 Å². The highest BCUT2D eigenvalue weighted by atomic mass is 16.5. The Kier molecular flexibility index (Phi) is 4.42. The summed E-state index contributed by atoms with van der Waals surface area (Å²) in [5, 5.41) is 12.6. The first-order valence-electron chi connectivity index (χ1n) is 8.51. The quantitative estimate of drug-likeness (QED) is 0.858. The number of nitrogens with zero attached hydrogens (tertiary/aromatic N) is 2. The molecule has 5 nitrogen and oxygen atoms in total. The van der Waals surface area contributed by atoms with Crippen LogP contribution in [0.2, 0.25) is 0 Å². The lowest BCUT2D eigenvalue weighted by molar-refractivity contribution is -0.130. The molecule has 1 aliphatic heterocycles. The molecule has 5 heteroatoms. The van der Waals surface area contributed by atoms with Crippen LogP contribution >= 0.6 is 0 Å². The van der Waals surface area contributed by atoms with Crippen molar-refractivity contribution in [2.45, 2.75) is 63.1 Å². The number of carbonyl (C=O) groups is 1. The van der Waals surface area contributed by atoms with Crippen molar-refractivity contribution in [3.63, 3.8) is 0 Å². The van der Waals surface area contributed by atoms with E-state index >= 15 is 0 Å². The van der Waals surface area contributed by atoms with Crippen molar-refractivity contribution in [3.05, 3.63) is 0 Å². The molecule has 1 N–H and O–H groups in total. The van der Waals surface area contributed by atoms with E-state index in [0.29, 0.717) is 12.6 Å². The van der Waals surface area contributed by atoms with Crippen molar-refractivity contribution in [1.82, 2.24) is 10.2 Å². The van der Waals surface area contributed by atoms with Crippen LogP contribution in [0.4, 0.5) is 0 Å². The van der Waals surface area contributed by atoms with Crippen LogP contribution < -0.4 is 5.32 Å². The molecule has 1 heterocycles. The highest BCUT2D eigenvalue weighted by molar-refractivity contribution is 5.79. The van der Waals surface area contributed by atoms with E-state index < -0.39 is 0 Å². The second-order valence-corrected chi connectivity index (χ2v) is 7.55. The van der Waals surface area contributed by atoms with Crippen molar-refractivity contribution in [2.75, 3.05) is 20.2 Å². The zero-order chi connectivity index (χ0) is 15.7. The number of nitriles is 1. The zero-order valence-corrected chi connectivity index (χ0v) is 13.7. The maximum Gasteiger partial charge on any atom is 0.237 e. The first-order chi connectivity index (χ1) is 10.5. The molecule has 1 amide bonds. The monoisotopic (exact) mass is 305 g/mol. The summed E-state index contributed by atoms with van der Waals surface area (Å²) in [5.74, 6) is 1.55. The van der Waals surface area contributed by atoms with Crippen molar-refractivity contribution in [2.24, 2.45) is 11.8 Å². The van der Waals surface area contributed by atoms with Crippen molar-refractivity contribution < 1.29 is 9.53 Å². The normalized spacial score (nSPS) is 40.7. The van der Waals surface area contributed by atoms with E-state index in [-0.39, 0.29) is 17.5 Å². The summed E-state index contributed by atoms with van der Waals surface area (Å²) in [6.45, 7) is 3.34. The van der Waals surface area contributed by atoms with E-state index in [1.807, 2.05) is 7.11 Å². The lowest BCUT2D eigenvalue weighted by Crippen LogP contribution is -2.48. The number of hydrogen-bond donors (Lipinski definition) is 1. The fraction of sp³-hybridized carbons (Fsp3) is 0.882. The maximum absolute atomic E-state index is 12.4. The van der Waals surface area contributed by atoms with Gasteiger partial charge in [0, 0.05) is 19.2 Å². The third kappa shape index (κ3) is 3.00. The Labute approximate surface area is 133 Å². The third-order valence-electron chi connectivity index (χ3n) is 5.95. The second kappa shape index (κ2) is 6.17. The molecule has 0 aromatic carbocycles. The smallest absolute Gasteiger partial charge is 0.237 e. The Morgan fingerprint density at radius 2 is 2.09 bits per heavy atom. The van der Waals surface area contributed by atoms with Gasteiger partial charge in [0.05, 0.1) is 18.7 Å². The van der Waals surface area contributed by atoms with Gasteiger partial charge in [0.1, 0.15) is 6.04 Å². The molecule has 0 radical (unpaired) electrons. The standard InChI is InChI=1S/C17H27N3O2/c1-17(8-12-6-15(22-2)7-13(12)9-17)19-11-16(21)20-5-3-4-14(20)10-18/h12-15,19H,3-9,11H2,1-2H3. The van der Waals surface area contributed by atoms with Crippen LogP contribution in [0.15, 0.2) is 0 Å². The summed E-state index contributed by atoms with van der Waals surface area (Å²) < 4.78 is 5.49. The molecule has 3 atom stereocenters. The molecule has 0 spiro atoms. The Bertz CT molecular complexity index is 459. The molecular formula is C17H27N3O2. The molecule has 2 saturated carbocycles. The molecule has 122 valence electrons. The topological polar surface area (TPSA) is 65.4 Å². The average molecular weight is 305 g/mol. The number of carbonyl (C=O) groups excluding carboxylic acids is 1. The largest absolute Gasteiger partial charge is 0.381 e. The van der Waals surface area contributed by atoms with Crippen molar-refractivity contribution in [1.29, 1.82) is 5.26 Å². The Hall–Kier alpha value is -1.12. The first kappa shape index (κ1) is 15.8. The molecule has 3 aliphatic rings. The number of hydrogen-bond acceptors (Lipinski definition) is 4. The van der Waals surface area contributed by atoms with E-state index in [0.717, 1.165) is 56.9 Å². The molecule has 1 saturated heterocycles. The van der Waals surface area contributed by atoms with E-state index in [2.05, 4.69) is 18.3 Å². The van der Waals surface area contributed by atoms with Crippen molar-refractivity contribution >= 4 is 5.91 Å². The highest BCUT2D eigenvalue weighted by Gasteiger charge is 2.47. The number of rotatable bonds is 4. The number of amides is 1. The van der Waals surface area contributed by atoms with Gasteiger partial charge in [0.25, 0.3) is 0 Å². The molecular weight excluding hydrogens is 278 g/mol. The van der Waals surface area contributed by atoms with E-state index in [4.69, 9.17) is 10.00 Å². The molecule has 22 heavy (non-hydrogen) atoms. The van der Waals surface area contributed by atoms with Crippen LogP contribution in [0.1, 0.15) is 45.4 Å². The minimum absolute atomic E-state index is 0.0611. The SMILES string of the molecule is COC1CC2CC(C)(NCC(=O)N3CCCC3C#N)CC2C1. The average Bonchev–Trinajstić information content (AvgIpc) is 3.17. The molecule has 0 aromatic rings. The zero-order valence-electron chi connectivity index (χ0n) is 13.7. The molecule has 3 rings (SSSR count). The van der Waals surface area contributed by atoms with Gasteiger partial charge in [-0.05, 0) is 57.3 Å². The summed E-state index contributed by atoms with van der Waals surface area (Å²) >= 11 is 0. The highest BCUT2D eigenvalue weighted by Crippen LogP contribution is 2.49. The van der Waals surface area contributed by atoms with Gasteiger partial charge in [-0.1, -0.05) is 0 Å². The van der Waals surface area contributed by atoms with Crippen molar-refractivity contribution in [3.8, 4) is 6.07 Å². The van der Waals surface area contributed by atoms with Gasteiger partial charge < -0.3 is 15.0 Å². The molecule has 3 fully saturated rings. The third-order valence-corrected chi connectivity index (χ3v) is 5.95. The maximum atomic E-state index is 12.4. The fourth-order valence-electron chi connectivity index (χ4n) is 4.82. The number of fused-ring (bicyclic) bond motifs is 1. The predicted octanol–water partition coefficient (Wildman–Crippen LogP) is 1.68. The number of methoxy groups -OCH3 is 1. The second-order valence-electron chi connectivity index (χ2n) is 7.55. The van der Waals surface area contributed by atoms with Gasteiger partial charge in [-0.15, -0.1) is 0 Å². The van der Waals surface area contributed by atoms with Crippen LogP contribution in [-0.4, -0.2) is 48.7 Å². The van der Waals surface area contributed by atoms with Crippen LogP contribution in [0.3, 0.4) is 0 Å². The summed E-state index contributed by atoms with van der Waals surface area (Å²) in [5.41, 5.74) is 0.0611. The number of ether oxygens (including phenoxy) is 1. The first-order valence-corrected chi connectivity index (χ1v) is 8.51. The summed E-state index contributed by atoms with van der Waals surface area (Å²) in [6.07, 6.45) is 6.79. The number of likely N-dealkylation sites (tertiary alicyclic amines) is 1. The number of nitrogens with one attached hydrogen (secondary N) is 1.